The zero-order valence-electron chi connectivity index (χ0n) is 17.3. The summed E-state index contributed by atoms with van der Waals surface area (Å²) in [5.41, 5.74) is 2.62. The van der Waals surface area contributed by atoms with Gasteiger partial charge in [-0.2, -0.15) is 4.72 Å². The fourth-order valence-electron chi connectivity index (χ4n) is 3.06. The number of sulfonamides is 1. The summed E-state index contributed by atoms with van der Waals surface area (Å²) in [6, 6.07) is 21.1. The van der Waals surface area contributed by atoms with Crippen molar-refractivity contribution in [2.24, 2.45) is 0 Å². The van der Waals surface area contributed by atoms with Gasteiger partial charge in [0.15, 0.2) is 5.78 Å². The third-order valence-electron chi connectivity index (χ3n) is 4.76. The minimum Gasteiger partial charge on any atom is -0.325 e. The molecule has 0 aliphatic rings. The number of carbonyl (C=O) groups excluding carboxylic acids is 2. The average molecular weight is 437 g/mol. The number of carbonyl (C=O) groups is 2. The molecular formula is C24H24N2O4S. The number of amides is 1. The molecule has 0 fully saturated rings. The number of aryl methyl sites for hydroxylation is 1. The molecule has 0 saturated carbocycles. The molecular weight excluding hydrogens is 412 g/mol. The lowest BCUT2D eigenvalue weighted by atomic mass is 10.1. The summed E-state index contributed by atoms with van der Waals surface area (Å²) >= 11 is 0. The number of Topliss-reactive ketones (excluding diaryl/α,β-unsaturated/α-hetero) is 1. The Hall–Kier alpha value is -3.29. The second-order valence-corrected chi connectivity index (χ2v) is 9.02. The first kappa shape index (κ1) is 22.4. The highest BCUT2D eigenvalue weighted by Gasteiger charge is 2.26. The summed E-state index contributed by atoms with van der Waals surface area (Å²) in [5, 5.41) is 2.72. The van der Waals surface area contributed by atoms with Gasteiger partial charge in [0.2, 0.25) is 15.9 Å². The van der Waals surface area contributed by atoms with Crippen LogP contribution in [0.4, 0.5) is 5.69 Å². The van der Waals surface area contributed by atoms with E-state index < -0.39 is 22.0 Å². The Bertz CT molecular complexity index is 1170. The normalized spacial score (nSPS) is 12.2. The number of rotatable bonds is 8. The van der Waals surface area contributed by atoms with Crippen LogP contribution in [-0.2, 0) is 21.2 Å². The van der Waals surface area contributed by atoms with Gasteiger partial charge < -0.3 is 5.32 Å². The molecule has 0 heterocycles. The van der Waals surface area contributed by atoms with Crippen molar-refractivity contribution in [2.75, 3.05) is 5.32 Å². The third kappa shape index (κ3) is 6.10. The van der Waals surface area contributed by atoms with E-state index in [4.69, 9.17) is 0 Å². The highest BCUT2D eigenvalue weighted by molar-refractivity contribution is 7.89. The van der Waals surface area contributed by atoms with E-state index in [0.717, 1.165) is 11.1 Å². The molecule has 0 aromatic heterocycles. The maximum absolute atomic E-state index is 13.0. The van der Waals surface area contributed by atoms with Gasteiger partial charge in [0.1, 0.15) is 6.04 Å². The summed E-state index contributed by atoms with van der Waals surface area (Å²) in [6.45, 7) is 3.31. The molecule has 0 spiro atoms. The Kier molecular flexibility index (Phi) is 6.99. The maximum atomic E-state index is 13.0. The Balaban J connectivity index is 1.86. The lowest BCUT2D eigenvalue weighted by molar-refractivity contribution is -0.117. The van der Waals surface area contributed by atoms with Crippen LogP contribution in [0.3, 0.4) is 0 Å². The van der Waals surface area contributed by atoms with Crippen LogP contribution in [0.25, 0.3) is 0 Å². The molecule has 0 bridgehead atoms. The van der Waals surface area contributed by atoms with Crippen molar-refractivity contribution >= 4 is 27.4 Å². The fourth-order valence-corrected chi connectivity index (χ4v) is 4.25. The van der Waals surface area contributed by atoms with Gasteiger partial charge in [-0.1, -0.05) is 60.2 Å². The minimum absolute atomic E-state index is 0.0857. The van der Waals surface area contributed by atoms with Crippen LogP contribution in [0.2, 0.25) is 0 Å². The summed E-state index contributed by atoms with van der Waals surface area (Å²) < 4.78 is 28.3. The minimum atomic E-state index is -3.92. The lowest BCUT2D eigenvalue weighted by Crippen LogP contribution is -2.45. The van der Waals surface area contributed by atoms with Gasteiger partial charge in [0, 0.05) is 11.3 Å². The second-order valence-electron chi connectivity index (χ2n) is 7.30. The summed E-state index contributed by atoms with van der Waals surface area (Å²) in [6.07, 6.45) is 0.171. The molecule has 0 saturated heterocycles. The molecule has 1 unspecified atom stereocenters. The molecule has 2 N–H and O–H groups in total. The second kappa shape index (κ2) is 9.68. The predicted octanol–water partition coefficient (Wildman–Crippen LogP) is 3.73. The number of benzene rings is 3. The molecule has 0 radical (unpaired) electrons. The average Bonchev–Trinajstić information content (AvgIpc) is 2.74. The fraction of sp³-hybridized carbons (Fsp3) is 0.167. The van der Waals surface area contributed by atoms with Crippen LogP contribution in [0.15, 0.2) is 83.8 Å². The van der Waals surface area contributed by atoms with E-state index in [9.17, 15) is 18.0 Å². The van der Waals surface area contributed by atoms with Crippen molar-refractivity contribution in [3.63, 3.8) is 0 Å². The molecule has 6 nitrogen and oxygen atoms in total. The highest BCUT2D eigenvalue weighted by Crippen LogP contribution is 2.15. The van der Waals surface area contributed by atoms with E-state index in [1.807, 2.05) is 37.3 Å². The Morgan fingerprint density at radius 2 is 1.58 bits per heavy atom. The Morgan fingerprint density at radius 3 is 2.23 bits per heavy atom. The van der Waals surface area contributed by atoms with Crippen molar-refractivity contribution < 1.29 is 18.0 Å². The van der Waals surface area contributed by atoms with E-state index in [0.29, 0.717) is 11.3 Å². The first-order valence-electron chi connectivity index (χ1n) is 9.79. The Labute approximate surface area is 182 Å². The van der Waals surface area contributed by atoms with Crippen LogP contribution >= 0.6 is 0 Å². The van der Waals surface area contributed by atoms with Gasteiger partial charge in [0.25, 0.3) is 0 Å². The number of hydrogen-bond donors (Lipinski definition) is 2. The number of nitrogens with one attached hydrogen (secondary N) is 2. The molecule has 31 heavy (non-hydrogen) atoms. The molecule has 0 aliphatic heterocycles. The number of hydrogen-bond acceptors (Lipinski definition) is 4. The zero-order valence-corrected chi connectivity index (χ0v) is 18.1. The molecule has 1 amide bonds. The molecule has 3 aromatic rings. The van der Waals surface area contributed by atoms with Crippen molar-refractivity contribution in [1.82, 2.24) is 4.72 Å². The van der Waals surface area contributed by atoms with Crippen molar-refractivity contribution in [3.05, 3.63) is 95.6 Å². The zero-order chi connectivity index (χ0) is 22.4. The van der Waals surface area contributed by atoms with Gasteiger partial charge in [0.05, 0.1) is 4.90 Å². The van der Waals surface area contributed by atoms with Crippen LogP contribution in [-0.4, -0.2) is 26.2 Å². The van der Waals surface area contributed by atoms with Crippen LogP contribution < -0.4 is 10.0 Å². The van der Waals surface area contributed by atoms with Gasteiger partial charge >= 0.3 is 0 Å². The number of ketones is 1. The highest BCUT2D eigenvalue weighted by atomic mass is 32.2. The molecule has 3 aromatic carbocycles. The van der Waals surface area contributed by atoms with Gasteiger partial charge in [-0.05, 0) is 50.1 Å². The van der Waals surface area contributed by atoms with Gasteiger partial charge in [-0.25, -0.2) is 8.42 Å². The molecule has 3 rings (SSSR count). The molecule has 0 aliphatic carbocycles. The summed E-state index contributed by atoms with van der Waals surface area (Å²) in [5.74, 6) is -0.641. The number of anilines is 1. The smallest absolute Gasteiger partial charge is 0.242 e. The SMILES string of the molecule is CC(=O)c1cccc(NC(=O)C(Cc2ccccc2)NS(=O)(=O)c2ccc(C)cc2)c1. The molecule has 1 atom stereocenters. The van der Waals surface area contributed by atoms with Crippen LogP contribution in [0, 0.1) is 6.92 Å². The Morgan fingerprint density at radius 1 is 0.903 bits per heavy atom. The quantitative estimate of drug-likeness (QED) is 0.527. The van der Waals surface area contributed by atoms with E-state index in [1.165, 1.54) is 19.1 Å². The largest absolute Gasteiger partial charge is 0.325 e. The lowest BCUT2D eigenvalue weighted by Gasteiger charge is -2.19. The standard InChI is InChI=1S/C24H24N2O4S/c1-17-11-13-22(14-12-17)31(29,30)26-23(15-19-7-4-3-5-8-19)24(28)25-21-10-6-9-20(16-21)18(2)27/h3-14,16,23,26H,15H2,1-2H3,(H,25,28). The maximum Gasteiger partial charge on any atom is 0.242 e. The third-order valence-corrected chi connectivity index (χ3v) is 6.25. The van der Waals surface area contributed by atoms with E-state index in [2.05, 4.69) is 10.0 Å². The summed E-state index contributed by atoms with van der Waals surface area (Å²) in [4.78, 5) is 24.7. The summed E-state index contributed by atoms with van der Waals surface area (Å²) in [7, 11) is -3.92. The van der Waals surface area contributed by atoms with E-state index in [1.54, 1.807) is 36.4 Å². The first-order valence-corrected chi connectivity index (χ1v) is 11.3. The van der Waals surface area contributed by atoms with E-state index in [-0.39, 0.29) is 17.1 Å². The topological polar surface area (TPSA) is 92.3 Å². The van der Waals surface area contributed by atoms with Crippen molar-refractivity contribution in [3.8, 4) is 0 Å². The van der Waals surface area contributed by atoms with Gasteiger partial charge in [-0.3, -0.25) is 9.59 Å². The van der Waals surface area contributed by atoms with E-state index >= 15 is 0 Å². The van der Waals surface area contributed by atoms with Crippen LogP contribution in [0.1, 0.15) is 28.4 Å². The molecule has 160 valence electrons. The molecule has 7 heteroatoms. The van der Waals surface area contributed by atoms with Crippen LogP contribution in [0.5, 0.6) is 0 Å². The van der Waals surface area contributed by atoms with Gasteiger partial charge in [-0.15, -0.1) is 0 Å². The van der Waals surface area contributed by atoms with Crippen molar-refractivity contribution in [2.45, 2.75) is 31.2 Å². The monoisotopic (exact) mass is 436 g/mol. The predicted molar refractivity (Wildman–Crippen MR) is 121 cm³/mol. The van der Waals surface area contributed by atoms with Crippen molar-refractivity contribution in [1.29, 1.82) is 0 Å². The first-order chi connectivity index (χ1) is 14.7.